The van der Waals surface area contributed by atoms with E-state index in [9.17, 15) is 5.26 Å². The molecule has 1 aromatic carbocycles. The second-order valence-electron chi connectivity index (χ2n) is 8.95. The molecule has 3 aromatic rings. The maximum atomic E-state index is 9.82. The van der Waals surface area contributed by atoms with Gasteiger partial charge >= 0.3 is 0 Å². The van der Waals surface area contributed by atoms with Crippen molar-refractivity contribution in [2.24, 2.45) is 7.05 Å². The molecule has 1 fully saturated rings. The Hall–Kier alpha value is -3.53. The Morgan fingerprint density at radius 1 is 1.22 bits per heavy atom. The number of anilines is 1. The number of nitriles is 1. The van der Waals surface area contributed by atoms with Gasteiger partial charge in [-0.25, -0.2) is 4.98 Å². The van der Waals surface area contributed by atoms with Gasteiger partial charge in [-0.15, -0.1) is 0 Å². The molecule has 1 spiro atoms. The summed E-state index contributed by atoms with van der Waals surface area (Å²) in [6.45, 7) is 4.06. The number of nitrogen functional groups attached to an aromatic ring is 1. The number of aryl methyl sites for hydroxylation is 3. The second-order valence-corrected chi connectivity index (χ2v) is 8.95. The van der Waals surface area contributed by atoms with Crippen molar-refractivity contribution < 1.29 is 9.47 Å². The highest BCUT2D eigenvalue weighted by molar-refractivity contribution is 5.73. The van der Waals surface area contributed by atoms with E-state index in [4.69, 9.17) is 15.2 Å². The molecule has 1 aliphatic carbocycles. The summed E-state index contributed by atoms with van der Waals surface area (Å²) in [7, 11) is 1.80. The Labute approximate surface area is 187 Å². The Bertz CT molecular complexity index is 1240. The molecule has 1 saturated carbocycles. The topological polar surface area (TPSA) is 99.0 Å². The highest BCUT2D eigenvalue weighted by atomic mass is 16.5. The van der Waals surface area contributed by atoms with Crippen LogP contribution in [0.2, 0.25) is 0 Å². The maximum Gasteiger partial charge on any atom is 0.166 e. The first-order chi connectivity index (χ1) is 15.4. The van der Waals surface area contributed by atoms with Gasteiger partial charge in [-0.1, -0.05) is 11.6 Å². The van der Waals surface area contributed by atoms with Gasteiger partial charge in [-0.2, -0.15) is 10.4 Å². The second kappa shape index (κ2) is 7.56. The lowest BCUT2D eigenvalue weighted by Crippen LogP contribution is -2.44. The van der Waals surface area contributed by atoms with Crippen LogP contribution in [-0.4, -0.2) is 20.4 Å². The number of fused-ring (bicyclic) bond motifs is 5. The first-order valence-electron chi connectivity index (χ1n) is 11.1. The summed E-state index contributed by atoms with van der Waals surface area (Å²) < 4.78 is 14.7. The van der Waals surface area contributed by atoms with Gasteiger partial charge in [-0.05, 0) is 64.2 Å². The monoisotopic (exact) mass is 429 g/mol. The van der Waals surface area contributed by atoms with E-state index in [0.29, 0.717) is 23.7 Å². The van der Waals surface area contributed by atoms with Gasteiger partial charge in [0.2, 0.25) is 0 Å². The van der Waals surface area contributed by atoms with Crippen LogP contribution < -0.4 is 15.2 Å². The molecular formula is C25H27N5O2. The van der Waals surface area contributed by atoms with Crippen LogP contribution in [0, 0.1) is 18.3 Å². The summed E-state index contributed by atoms with van der Waals surface area (Å²) in [6, 6.07) is 10.4. The molecule has 5 rings (SSSR count). The van der Waals surface area contributed by atoms with Crippen LogP contribution in [0.25, 0.3) is 11.1 Å². The van der Waals surface area contributed by atoms with Gasteiger partial charge in [-0.3, -0.25) is 4.68 Å². The number of hydrogen-bond donors (Lipinski definition) is 1. The molecule has 2 N–H and O–H groups in total. The molecule has 1 aliphatic heterocycles. The van der Waals surface area contributed by atoms with Gasteiger partial charge in [0.1, 0.15) is 29.2 Å². The highest BCUT2D eigenvalue weighted by Gasteiger charge is 2.40. The minimum absolute atomic E-state index is 0.227. The molecule has 0 amide bonds. The van der Waals surface area contributed by atoms with Gasteiger partial charge in [0, 0.05) is 29.9 Å². The van der Waals surface area contributed by atoms with Crippen LogP contribution in [0.15, 0.2) is 30.5 Å². The zero-order valence-corrected chi connectivity index (χ0v) is 18.7. The lowest BCUT2D eigenvalue weighted by molar-refractivity contribution is -0.0165. The van der Waals surface area contributed by atoms with Crippen LogP contribution in [0.4, 0.5) is 5.82 Å². The molecule has 32 heavy (non-hydrogen) atoms. The van der Waals surface area contributed by atoms with E-state index >= 15 is 0 Å². The number of ether oxygens (including phenoxy) is 2. The predicted octanol–water partition coefficient (Wildman–Crippen LogP) is 4.63. The summed E-state index contributed by atoms with van der Waals surface area (Å²) in [5, 5.41) is 14.5. The normalized spacial score (nSPS) is 19.0. The summed E-state index contributed by atoms with van der Waals surface area (Å²) >= 11 is 0. The largest absolute Gasteiger partial charge is 0.487 e. The Morgan fingerprint density at radius 2 is 2.03 bits per heavy atom. The van der Waals surface area contributed by atoms with Crippen molar-refractivity contribution in [3.05, 3.63) is 53.0 Å². The maximum absolute atomic E-state index is 9.82. The molecule has 0 saturated heterocycles. The smallest absolute Gasteiger partial charge is 0.166 e. The van der Waals surface area contributed by atoms with E-state index in [1.54, 1.807) is 17.9 Å². The fourth-order valence-electron chi connectivity index (χ4n) is 4.76. The van der Waals surface area contributed by atoms with Crippen LogP contribution in [0.3, 0.4) is 0 Å². The zero-order chi connectivity index (χ0) is 22.5. The molecule has 1 atom stereocenters. The number of aromatic nitrogens is 3. The first kappa shape index (κ1) is 20.4. The van der Waals surface area contributed by atoms with Crippen molar-refractivity contribution >= 4 is 5.82 Å². The van der Waals surface area contributed by atoms with E-state index in [1.165, 1.54) is 0 Å². The predicted molar refractivity (Wildman–Crippen MR) is 121 cm³/mol. The minimum Gasteiger partial charge on any atom is -0.487 e. The van der Waals surface area contributed by atoms with Crippen molar-refractivity contribution in [2.45, 2.75) is 57.7 Å². The quantitative estimate of drug-likeness (QED) is 0.559. The fraction of sp³-hybridized carbons (Fsp3) is 0.400. The van der Waals surface area contributed by atoms with Crippen molar-refractivity contribution in [3.63, 3.8) is 0 Å². The molecule has 2 bridgehead atoms. The van der Waals surface area contributed by atoms with Crippen LogP contribution in [0.5, 0.6) is 11.5 Å². The van der Waals surface area contributed by atoms with E-state index in [0.717, 1.165) is 59.4 Å². The fourth-order valence-corrected chi connectivity index (χ4v) is 4.76. The lowest BCUT2D eigenvalue weighted by Gasteiger charge is -2.42. The van der Waals surface area contributed by atoms with Gasteiger partial charge in [0.15, 0.2) is 11.6 Å². The number of pyridine rings is 1. The summed E-state index contributed by atoms with van der Waals surface area (Å²) in [4.78, 5) is 4.37. The van der Waals surface area contributed by atoms with Crippen molar-refractivity contribution in [2.75, 3.05) is 5.73 Å². The number of hydrogen-bond acceptors (Lipinski definition) is 6. The number of benzene rings is 1. The van der Waals surface area contributed by atoms with E-state index in [1.807, 2.05) is 19.1 Å². The molecule has 164 valence electrons. The first-order valence-corrected chi connectivity index (χ1v) is 11.1. The van der Waals surface area contributed by atoms with Crippen LogP contribution in [-0.2, 0) is 13.5 Å². The SMILES string of the molecule is Cc1ccc2c(c1)[C@@H](C)Oc1cc(cnc1N)-c1c(nn(C)c1C#N)CCC1(CCC1)O2. The van der Waals surface area contributed by atoms with Gasteiger partial charge in [0.25, 0.3) is 0 Å². The molecular weight excluding hydrogens is 402 g/mol. The van der Waals surface area contributed by atoms with Crippen molar-refractivity contribution in [1.82, 2.24) is 14.8 Å². The Balaban J connectivity index is 1.69. The lowest BCUT2D eigenvalue weighted by atomic mass is 9.76. The van der Waals surface area contributed by atoms with Crippen LogP contribution in [0.1, 0.15) is 61.2 Å². The standard InChI is InChI=1S/C25H27N5O2/c1-15-5-6-21-18(11-15)16(2)31-22-12-17(14-28-24(22)27)23-19(29-30(3)20(23)13-26)7-10-25(32-21)8-4-9-25/h5-6,11-12,14,16H,4,7-10H2,1-3H3,(H2,27,28)/t16-/m1/s1. The third-order valence-electron chi connectivity index (χ3n) is 6.71. The molecule has 3 heterocycles. The Morgan fingerprint density at radius 3 is 2.75 bits per heavy atom. The Kier molecular flexibility index (Phi) is 4.81. The third-order valence-corrected chi connectivity index (χ3v) is 6.71. The van der Waals surface area contributed by atoms with Gasteiger partial charge < -0.3 is 15.2 Å². The van der Waals surface area contributed by atoms with Crippen LogP contribution >= 0.6 is 0 Å². The highest BCUT2D eigenvalue weighted by Crippen LogP contribution is 2.44. The number of nitrogens with two attached hydrogens (primary N) is 1. The average molecular weight is 430 g/mol. The molecule has 0 radical (unpaired) electrons. The molecule has 2 aromatic heterocycles. The number of nitrogens with zero attached hydrogens (tertiary/aromatic N) is 4. The minimum atomic E-state index is -0.286. The zero-order valence-electron chi connectivity index (χ0n) is 18.7. The summed E-state index contributed by atoms with van der Waals surface area (Å²) in [5.74, 6) is 1.65. The number of rotatable bonds is 0. The molecule has 7 nitrogen and oxygen atoms in total. The summed E-state index contributed by atoms with van der Waals surface area (Å²) in [6.07, 6.45) is 6.11. The van der Waals surface area contributed by atoms with E-state index < -0.39 is 0 Å². The summed E-state index contributed by atoms with van der Waals surface area (Å²) in [5.41, 5.74) is 11.0. The van der Waals surface area contributed by atoms with E-state index in [-0.39, 0.29) is 11.7 Å². The van der Waals surface area contributed by atoms with E-state index in [2.05, 4.69) is 35.2 Å². The van der Waals surface area contributed by atoms with Crippen molar-refractivity contribution in [1.29, 1.82) is 5.26 Å². The molecule has 2 aliphatic rings. The van der Waals surface area contributed by atoms with Crippen molar-refractivity contribution in [3.8, 4) is 28.7 Å². The molecule has 7 heteroatoms. The molecule has 0 unspecified atom stereocenters. The van der Waals surface area contributed by atoms with Gasteiger partial charge in [0.05, 0.1) is 5.69 Å². The third kappa shape index (κ3) is 3.36. The average Bonchev–Trinajstić information content (AvgIpc) is 3.07.